The van der Waals surface area contributed by atoms with Crippen LogP contribution in [-0.4, -0.2) is 22.6 Å². The van der Waals surface area contributed by atoms with Crippen molar-refractivity contribution >= 4 is 12.6 Å². The van der Waals surface area contributed by atoms with Crippen LogP contribution in [-0.2, 0) is 0 Å². The zero-order chi connectivity index (χ0) is 11.4. The van der Waals surface area contributed by atoms with E-state index in [0.717, 1.165) is 18.7 Å². The molecule has 0 bridgehead atoms. The number of hydrogen-bond acceptors (Lipinski definition) is 3. The number of carbonyl (C=O) groups is 1. The monoisotopic (exact) mass is 217 g/mol. The van der Waals surface area contributed by atoms with E-state index in [1.54, 1.807) is 12.4 Å². The average Bonchev–Trinajstić information content (AvgIpc) is 2.39. The lowest BCUT2D eigenvalue weighted by atomic mass is 9.89. The molecule has 0 aliphatic heterocycles. The van der Waals surface area contributed by atoms with Crippen LogP contribution in [0.15, 0.2) is 17.4 Å². The standard InChI is InChI=1S/C12H15N3O/c1-13-12(16)10-7-14-11(15-8-10)9-5-3-2-4-6-9/h7-9H,1-6H2. The second kappa shape index (κ2) is 4.96. The van der Waals surface area contributed by atoms with Gasteiger partial charge in [-0.1, -0.05) is 19.3 Å². The van der Waals surface area contributed by atoms with E-state index in [0.29, 0.717) is 11.5 Å². The van der Waals surface area contributed by atoms with Crippen LogP contribution in [0.25, 0.3) is 0 Å². The lowest BCUT2D eigenvalue weighted by molar-refractivity contribution is 0.100. The highest BCUT2D eigenvalue weighted by molar-refractivity contribution is 5.96. The predicted octanol–water partition coefficient (Wildman–Crippen LogP) is 2.37. The van der Waals surface area contributed by atoms with Gasteiger partial charge in [0.05, 0.1) is 5.56 Å². The minimum atomic E-state index is -0.366. The zero-order valence-electron chi connectivity index (χ0n) is 9.22. The molecule has 0 saturated heterocycles. The van der Waals surface area contributed by atoms with Crippen LogP contribution in [0.4, 0.5) is 0 Å². The fourth-order valence-electron chi connectivity index (χ4n) is 2.11. The molecular weight excluding hydrogens is 202 g/mol. The van der Waals surface area contributed by atoms with Gasteiger partial charge in [0.2, 0.25) is 0 Å². The van der Waals surface area contributed by atoms with Crippen LogP contribution in [0, 0.1) is 0 Å². The van der Waals surface area contributed by atoms with E-state index in [2.05, 4.69) is 21.7 Å². The summed E-state index contributed by atoms with van der Waals surface area (Å²) >= 11 is 0. The van der Waals surface area contributed by atoms with E-state index in [1.165, 1.54) is 19.3 Å². The van der Waals surface area contributed by atoms with Gasteiger partial charge in [0.1, 0.15) is 5.82 Å². The zero-order valence-corrected chi connectivity index (χ0v) is 9.22. The van der Waals surface area contributed by atoms with Crippen molar-refractivity contribution in [1.82, 2.24) is 9.97 Å². The highest BCUT2D eigenvalue weighted by atomic mass is 16.1. The summed E-state index contributed by atoms with van der Waals surface area (Å²) in [5.74, 6) is 0.963. The molecule has 0 radical (unpaired) electrons. The summed E-state index contributed by atoms with van der Waals surface area (Å²) in [5.41, 5.74) is 0.412. The van der Waals surface area contributed by atoms with Gasteiger partial charge < -0.3 is 0 Å². The van der Waals surface area contributed by atoms with Crippen molar-refractivity contribution in [2.75, 3.05) is 0 Å². The number of aromatic nitrogens is 2. The maximum atomic E-state index is 11.2. The first-order valence-corrected chi connectivity index (χ1v) is 5.64. The summed E-state index contributed by atoms with van der Waals surface area (Å²) in [6.07, 6.45) is 9.24. The van der Waals surface area contributed by atoms with Gasteiger partial charge >= 0.3 is 0 Å². The van der Waals surface area contributed by atoms with Crippen molar-refractivity contribution in [1.29, 1.82) is 0 Å². The highest BCUT2D eigenvalue weighted by Gasteiger charge is 2.18. The molecule has 1 aromatic heterocycles. The molecule has 4 nitrogen and oxygen atoms in total. The Morgan fingerprint density at radius 2 is 1.88 bits per heavy atom. The normalized spacial score (nSPS) is 17.0. The summed E-state index contributed by atoms with van der Waals surface area (Å²) in [7, 11) is 0. The molecule has 16 heavy (non-hydrogen) atoms. The predicted molar refractivity (Wildman–Crippen MR) is 61.7 cm³/mol. The lowest BCUT2D eigenvalue weighted by Crippen LogP contribution is -2.09. The first-order valence-electron chi connectivity index (χ1n) is 5.64. The van der Waals surface area contributed by atoms with Crippen molar-refractivity contribution in [3.8, 4) is 0 Å². The molecule has 1 aliphatic carbocycles. The molecule has 84 valence electrons. The van der Waals surface area contributed by atoms with E-state index >= 15 is 0 Å². The molecule has 1 heterocycles. The van der Waals surface area contributed by atoms with Crippen LogP contribution >= 0.6 is 0 Å². The molecule has 1 amide bonds. The van der Waals surface area contributed by atoms with Gasteiger partial charge in [0.15, 0.2) is 0 Å². The summed E-state index contributed by atoms with van der Waals surface area (Å²) in [6, 6.07) is 0. The number of aliphatic imine (C=N–C) groups is 1. The Hall–Kier alpha value is -1.58. The third-order valence-corrected chi connectivity index (χ3v) is 3.03. The minimum absolute atomic E-state index is 0.366. The van der Waals surface area contributed by atoms with E-state index in [-0.39, 0.29) is 5.91 Å². The van der Waals surface area contributed by atoms with Gasteiger partial charge in [-0.05, 0) is 19.6 Å². The summed E-state index contributed by atoms with van der Waals surface area (Å²) in [4.78, 5) is 23.0. The van der Waals surface area contributed by atoms with Crippen molar-refractivity contribution in [2.45, 2.75) is 38.0 Å². The molecule has 0 aromatic carbocycles. The third kappa shape index (κ3) is 2.32. The SMILES string of the molecule is C=NC(=O)c1cnc(C2CCCCC2)nc1. The fraction of sp³-hybridized carbons (Fsp3) is 0.500. The van der Waals surface area contributed by atoms with Gasteiger partial charge in [-0.2, -0.15) is 0 Å². The molecular formula is C12H15N3O. The van der Waals surface area contributed by atoms with E-state index < -0.39 is 0 Å². The molecule has 0 atom stereocenters. The van der Waals surface area contributed by atoms with E-state index in [9.17, 15) is 4.79 Å². The summed E-state index contributed by atoms with van der Waals surface area (Å²) < 4.78 is 0. The topological polar surface area (TPSA) is 55.2 Å². The maximum Gasteiger partial charge on any atom is 0.279 e. The Morgan fingerprint density at radius 3 is 2.44 bits per heavy atom. The van der Waals surface area contributed by atoms with Gasteiger partial charge in [0.25, 0.3) is 5.91 Å². The average molecular weight is 217 g/mol. The Morgan fingerprint density at radius 1 is 1.25 bits per heavy atom. The van der Waals surface area contributed by atoms with Crippen molar-refractivity contribution in [3.05, 3.63) is 23.8 Å². The number of amides is 1. The molecule has 1 saturated carbocycles. The third-order valence-electron chi connectivity index (χ3n) is 3.03. The number of nitrogens with zero attached hydrogens (tertiary/aromatic N) is 3. The second-order valence-electron chi connectivity index (χ2n) is 4.13. The second-order valence-corrected chi connectivity index (χ2v) is 4.13. The molecule has 4 heteroatoms. The molecule has 1 fully saturated rings. The fourth-order valence-corrected chi connectivity index (χ4v) is 2.11. The Labute approximate surface area is 94.8 Å². The van der Waals surface area contributed by atoms with Gasteiger partial charge in [-0.3, -0.25) is 4.79 Å². The largest absolute Gasteiger partial charge is 0.279 e. The number of rotatable bonds is 2. The van der Waals surface area contributed by atoms with Gasteiger partial charge in [-0.25, -0.2) is 15.0 Å². The van der Waals surface area contributed by atoms with Crippen molar-refractivity contribution in [3.63, 3.8) is 0 Å². The van der Waals surface area contributed by atoms with Crippen LogP contribution in [0.1, 0.15) is 54.2 Å². The molecule has 0 spiro atoms. The first kappa shape index (κ1) is 10.9. The van der Waals surface area contributed by atoms with Crippen LogP contribution in [0.3, 0.4) is 0 Å². The number of hydrogen-bond donors (Lipinski definition) is 0. The van der Waals surface area contributed by atoms with E-state index in [1.807, 2.05) is 0 Å². The molecule has 1 aromatic rings. The Bertz CT molecular complexity index is 380. The quantitative estimate of drug-likeness (QED) is 0.714. The van der Waals surface area contributed by atoms with Crippen molar-refractivity contribution < 1.29 is 4.79 Å². The number of carbonyl (C=O) groups excluding carboxylic acids is 1. The lowest BCUT2D eigenvalue weighted by Gasteiger charge is -2.19. The summed E-state index contributed by atoms with van der Waals surface area (Å²) in [5, 5.41) is 0. The molecule has 2 rings (SSSR count). The van der Waals surface area contributed by atoms with Crippen molar-refractivity contribution in [2.24, 2.45) is 4.99 Å². The van der Waals surface area contributed by atoms with Crippen LogP contribution in [0.2, 0.25) is 0 Å². The van der Waals surface area contributed by atoms with Gasteiger partial charge in [-0.15, -0.1) is 0 Å². The van der Waals surface area contributed by atoms with Crippen LogP contribution < -0.4 is 0 Å². The van der Waals surface area contributed by atoms with E-state index in [4.69, 9.17) is 0 Å². The molecule has 0 N–H and O–H groups in total. The minimum Gasteiger partial charge on any atom is -0.267 e. The Kier molecular flexibility index (Phi) is 3.39. The van der Waals surface area contributed by atoms with Crippen LogP contribution in [0.5, 0.6) is 0 Å². The molecule has 0 unspecified atom stereocenters. The molecule has 1 aliphatic rings. The maximum absolute atomic E-state index is 11.2. The summed E-state index contributed by atoms with van der Waals surface area (Å²) in [6.45, 7) is 3.19. The smallest absolute Gasteiger partial charge is 0.267 e. The highest BCUT2D eigenvalue weighted by Crippen LogP contribution is 2.30. The Balaban J connectivity index is 2.11. The first-order chi connectivity index (χ1) is 7.81. The van der Waals surface area contributed by atoms with Gasteiger partial charge in [0, 0.05) is 18.3 Å².